The van der Waals surface area contributed by atoms with E-state index in [9.17, 15) is 9.59 Å². The fourth-order valence-corrected chi connectivity index (χ4v) is 1.94. The zero-order valence-electron chi connectivity index (χ0n) is 12.7. The predicted molar refractivity (Wildman–Crippen MR) is 86.1 cm³/mol. The summed E-state index contributed by atoms with van der Waals surface area (Å²) >= 11 is 0. The van der Waals surface area contributed by atoms with Crippen LogP contribution in [0.2, 0.25) is 0 Å². The number of hydrogen-bond acceptors (Lipinski definition) is 3. The van der Waals surface area contributed by atoms with E-state index in [4.69, 9.17) is 0 Å². The number of aromatic nitrogens is 1. The average molecular weight is 297 g/mol. The maximum atomic E-state index is 12.0. The monoisotopic (exact) mass is 297 g/mol. The molecule has 2 N–H and O–H groups in total. The number of anilines is 1. The van der Waals surface area contributed by atoms with Crippen molar-refractivity contribution >= 4 is 17.6 Å². The Bertz CT molecular complexity index is 666. The molecule has 0 saturated heterocycles. The molecular weight excluding hydrogens is 278 g/mol. The number of nitrogens with one attached hydrogen (secondary N) is 2. The summed E-state index contributed by atoms with van der Waals surface area (Å²) in [5.74, 6) is 0.497. The van der Waals surface area contributed by atoms with E-state index in [0.29, 0.717) is 11.4 Å². The highest BCUT2D eigenvalue weighted by Gasteiger charge is 2.07. The fourth-order valence-electron chi connectivity index (χ4n) is 1.94. The lowest BCUT2D eigenvalue weighted by molar-refractivity contribution is 0.0984. The zero-order chi connectivity index (χ0) is 15.9. The minimum absolute atomic E-state index is 0.00832. The van der Waals surface area contributed by atoms with Crippen molar-refractivity contribution in [3.63, 3.8) is 0 Å². The van der Waals surface area contributed by atoms with Crippen molar-refractivity contribution in [3.05, 3.63) is 59.3 Å². The molecule has 1 aromatic heterocycles. The molecule has 0 atom stereocenters. The van der Waals surface area contributed by atoms with Crippen molar-refractivity contribution in [1.29, 1.82) is 0 Å². The average Bonchev–Trinajstić information content (AvgIpc) is 2.47. The van der Waals surface area contributed by atoms with E-state index in [1.165, 1.54) is 0 Å². The van der Waals surface area contributed by atoms with Crippen LogP contribution >= 0.6 is 0 Å². The zero-order valence-corrected chi connectivity index (χ0v) is 12.7. The molecule has 0 aliphatic heterocycles. The number of amides is 2. The molecule has 0 aliphatic carbocycles. The molecule has 2 amide bonds. The third-order valence-electron chi connectivity index (χ3n) is 3.17. The molecule has 22 heavy (non-hydrogen) atoms. The predicted octanol–water partition coefficient (Wildman–Crippen LogP) is 3.09. The van der Waals surface area contributed by atoms with Gasteiger partial charge in [0.2, 0.25) is 0 Å². The number of benzene rings is 1. The second-order valence-electron chi connectivity index (χ2n) is 5.14. The van der Waals surface area contributed by atoms with Crippen LogP contribution in [0.4, 0.5) is 10.6 Å². The van der Waals surface area contributed by atoms with Crippen molar-refractivity contribution in [2.24, 2.45) is 0 Å². The van der Waals surface area contributed by atoms with Crippen LogP contribution in [-0.2, 0) is 0 Å². The van der Waals surface area contributed by atoms with Gasteiger partial charge in [-0.25, -0.2) is 9.78 Å². The van der Waals surface area contributed by atoms with Crippen LogP contribution in [0.5, 0.6) is 0 Å². The van der Waals surface area contributed by atoms with Gasteiger partial charge in [-0.2, -0.15) is 0 Å². The first-order chi connectivity index (χ1) is 10.5. The molecule has 0 saturated carbocycles. The van der Waals surface area contributed by atoms with Gasteiger partial charge in [0.05, 0.1) is 0 Å². The minimum atomic E-state index is -0.366. The number of aryl methyl sites for hydroxylation is 2. The van der Waals surface area contributed by atoms with E-state index >= 15 is 0 Å². The van der Waals surface area contributed by atoms with Crippen molar-refractivity contribution < 1.29 is 9.59 Å². The quantitative estimate of drug-likeness (QED) is 0.833. The summed E-state index contributed by atoms with van der Waals surface area (Å²) in [6.07, 6.45) is 1.89. The molecular formula is C17H19N3O2. The van der Waals surface area contributed by atoms with Gasteiger partial charge in [-0.05, 0) is 31.5 Å². The van der Waals surface area contributed by atoms with Gasteiger partial charge >= 0.3 is 6.03 Å². The molecule has 0 bridgehead atoms. The summed E-state index contributed by atoms with van der Waals surface area (Å²) in [5, 5.41) is 5.28. The lowest BCUT2D eigenvalue weighted by Crippen LogP contribution is -2.30. The highest BCUT2D eigenvalue weighted by atomic mass is 16.2. The molecule has 1 aromatic carbocycles. The number of urea groups is 1. The molecule has 0 radical (unpaired) electrons. The first kappa shape index (κ1) is 15.7. The van der Waals surface area contributed by atoms with E-state index in [2.05, 4.69) is 15.6 Å². The van der Waals surface area contributed by atoms with Gasteiger partial charge < -0.3 is 5.32 Å². The third kappa shape index (κ3) is 4.70. The van der Waals surface area contributed by atoms with Crippen molar-refractivity contribution in [2.45, 2.75) is 20.3 Å². The molecule has 0 unspecified atom stereocenters. The molecule has 5 heteroatoms. The SMILES string of the molecule is Cc1ccc(C(=O)CCNC(=O)Nc2cc(C)ccn2)cc1. The van der Waals surface area contributed by atoms with Crippen molar-refractivity contribution in [1.82, 2.24) is 10.3 Å². The molecule has 1 heterocycles. The van der Waals surface area contributed by atoms with E-state index in [0.717, 1.165) is 11.1 Å². The molecule has 114 valence electrons. The number of rotatable bonds is 5. The molecule has 2 aromatic rings. The van der Waals surface area contributed by atoms with Crippen LogP contribution in [0.3, 0.4) is 0 Å². The van der Waals surface area contributed by atoms with Crippen molar-refractivity contribution in [2.75, 3.05) is 11.9 Å². The van der Waals surface area contributed by atoms with E-state index in [1.807, 2.05) is 32.0 Å². The number of nitrogens with zero attached hydrogens (tertiary/aromatic N) is 1. The van der Waals surface area contributed by atoms with E-state index in [-0.39, 0.29) is 24.8 Å². The van der Waals surface area contributed by atoms with Gasteiger partial charge in [-0.3, -0.25) is 10.1 Å². The molecule has 5 nitrogen and oxygen atoms in total. The number of hydrogen-bond donors (Lipinski definition) is 2. The Hall–Kier alpha value is -2.69. The topological polar surface area (TPSA) is 71.1 Å². The number of carbonyl (C=O) groups is 2. The van der Waals surface area contributed by atoms with Crippen LogP contribution in [0.25, 0.3) is 0 Å². The Morgan fingerprint density at radius 3 is 2.45 bits per heavy atom. The van der Waals surface area contributed by atoms with Crippen LogP contribution in [0, 0.1) is 13.8 Å². The summed E-state index contributed by atoms with van der Waals surface area (Å²) in [6.45, 7) is 4.18. The lowest BCUT2D eigenvalue weighted by Gasteiger charge is -2.07. The first-order valence-electron chi connectivity index (χ1n) is 7.12. The van der Waals surface area contributed by atoms with Gasteiger partial charge in [-0.15, -0.1) is 0 Å². The third-order valence-corrected chi connectivity index (χ3v) is 3.17. The Balaban J connectivity index is 1.77. The minimum Gasteiger partial charge on any atom is -0.337 e. The van der Waals surface area contributed by atoms with Gasteiger partial charge in [-0.1, -0.05) is 29.8 Å². The highest BCUT2D eigenvalue weighted by Crippen LogP contribution is 2.06. The maximum Gasteiger partial charge on any atom is 0.320 e. The molecule has 0 aliphatic rings. The number of pyridine rings is 1. The van der Waals surface area contributed by atoms with E-state index < -0.39 is 0 Å². The summed E-state index contributed by atoms with van der Waals surface area (Å²) in [5.41, 5.74) is 2.78. The molecule has 2 rings (SSSR count). The smallest absolute Gasteiger partial charge is 0.320 e. The second-order valence-corrected chi connectivity index (χ2v) is 5.14. The fraction of sp³-hybridized carbons (Fsp3) is 0.235. The summed E-state index contributed by atoms with van der Waals surface area (Å²) in [7, 11) is 0. The number of Topliss-reactive ketones (excluding diaryl/α,β-unsaturated/α-hetero) is 1. The van der Waals surface area contributed by atoms with Gasteiger partial charge in [0.15, 0.2) is 5.78 Å². The Labute approximate surface area is 129 Å². The van der Waals surface area contributed by atoms with Crippen LogP contribution < -0.4 is 10.6 Å². The number of ketones is 1. The van der Waals surface area contributed by atoms with Gasteiger partial charge in [0.25, 0.3) is 0 Å². The first-order valence-corrected chi connectivity index (χ1v) is 7.12. The normalized spacial score (nSPS) is 10.1. The lowest BCUT2D eigenvalue weighted by atomic mass is 10.1. The Kier molecular flexibility index (Phi) is 5.25. The van der Waals surface area contributed by atoms with Crippen molar-refractivity contribution in [3.8, 4) is 0 Å². The Morgan fingerprint density at radius 1 is 1.05 bits per heavy atom. The van der Waals surface area contributed by atoms with Crippen LogP contribution in [0.1, 0.15) is 27.9 Å². The summed E-state index contributed by atoms with van der Waals surface area (Å²) in [4.78, 5) is 27.7. The van der Waals surface area contributed by atoms with Gasteiger partial charge in [0.1, 0.15) is 5.82 Å². The van der Waals surface area contributed by atoms with Crippen LogP contribution in [0.15, 0.2) is 42.6 Å². The summed E-state index contributed by atoms with van der Waals surface area (Å²) < 4.78 is 0. The summed E-state index contributed by atoms with van der Waals surface area (Å²) in [6, 6.07) is 10.7. The second kappa shape index (κ2) is 7.36. The standard InChI is InChI=1S/C17H19N3O2/c1-12-3-5-14(6-4-12)15(21)8-10-19-17(22)20-16-11-13(2)7-9-18-16/h3-7,9,11H,8,10H2,1-2H3,(H2,18,19,20,22). The molecule has 0 spiro atoms. The van der Waals surface area contributed by atoms with Crippen LogP contribution in [-0.4, -0.2) is 23.3 Å². The highest BCUT2D eigenvalue weighted by molar-refractivity contribution is 5.96. The van der Waals surface area contributed by atoms with E-state index in [1.54, 1.807) is 24.4 Å². The number of carbonyl (C=O) groups excluding carboxylic acids is 2. The maximum absolute atomic E-state index is 12.0. The Morgan fingerprint density at radius 2 is 1.77 bits per heavy atom. The van der Waals surface area contributed by atoms with Gasteiger partial charge in [0, 0.05) is 24.7 Å². The largest absolute Gasteiger partial charge is 0.337 e. The molecule has 0 fully saturated rings.